The molecule has 0 unspecified atom stereocenters. The number of Topliss-reactive ketones (excluding diaryl/α,β-unsaturated/α-hetero) is 1. The van der Waals surface area contributed by atoms with Gasteiger partial charge in [-0.3, -0.25) is 9.78 Å². The van der Waals surface area contributed by atoms with Crippen molar-refractivity contribution in [2.24, 2.45) is 0 Å². The Labute approximate surface area is 114 Å². The van der Waals surface area contributed by atoms with E-state index in [-0.39, 0.29) is 23.7 Å². The molecule has 0 amide bonds. The number of carbonyl (C=O) groups is 1. The zero-order valence-electron chi connectivity index (χ0n) is 8.86. The Bertz CT molecular complexity index is 457. The Kier molecular flexibility index (Phi) is 6.72. The Balaban J connectivity index is 0.00000128. The van der Waals surface area contributed by atoms with Crippen LogP contribution in [0, 0.1) is 0 Å². The van der Waals surface area contributed by atoms with Crippen molar-refractivity contribution in [1.29, 1.82) is 0 Å². The number of rotatable bonds is 3. The van der Waals surface area contributed by atoms with E-state index in [1.807, 2.05) is 35.0 Å². The minimum Gasteiger partial charge on any atom is -1.00 e. The van der Waals surface area contributed by atoms with Crippen LogP contribution in [0.3, 0.4) is 0 Å². The molecule has 2 rings (SSSR count). The van der Waals surface area contributed by atoms with E-state index in [0.717, 1.165) is 10.0 Å². The van der Waals surface area contributed by atoms with Crippen LogP contribution in [-0.4, -0.2) is 16.2 Å². The summed E-state index contributed by atoms with van der Waals surface area (Å²) in [6, 6.07) is 7.38. The number of carbonyl (C=O) groups excluding carboxylic acids is 1. The van der Waals surface area contributed by atoms with Crippen LogP contribution in [0.25, 0.3) is 0 Å². The standard InChI is InChI=1S/C11H9BrN2O.ClH.H2O/c12-10-3-1-9(2-4-10)11(15)7-14-6-5-13-8-14;;/h1-6,8H,7H2;1H;1H2. The van der Waals surface area contributed by atoms with Gasteiger partial charge in [0.15, 0.2) is 6.54 Å². The Morgan fingerprint density at radius 2 is 1.94 bits per heavy atom. The zero-order chi connectivity index (χ0) is 10.7. The van der Waals surface area contributed by atoms with Crippen molar-refractivity contribution in [3.8, 4) is 0 Å². The van der Waals surface area contributed by atoms with Gasteiger partial charge in [0.05, 0.1) is 0 Å². The van der Waals surface area contributed by atoms with Gasteiger partial charge < -0.3 is 17.9 Å². The monoisotopic (exact) mass is 318 g/mol. The molecule has 0 aliphatic carbocycles. The maximum absolute atomic E-state index is 11.8. The van der Waals surface area contributed by atoms with Gasteiger partial charge in [0.2, 0.25) is 12.1 Å². The van der Waals surface area contributed by atoms with Crippen LogP contribution in [-0.2, 0) is 6.54 Å². The van der Waals surface area contributed by atoms with Crippen LogP contribution in [0.5, 0.6) is 0 Å². The number of benzene rings is 1. The van der Waals surface area contributed by atoms with Gasteiger partial charge in [0, 0.05) is 10.0 Å². The molecule has 0 aliphatic heterocycles. The summed E-state index contributed by atoms with van der Waals surface area (Å²) in [7, 11) is 0. The summed E-state index contributed by atoms with van der Waals surface area (Å²) in [5.41, 5.74) is 0.729. The van der Waals surface area contributed by atoms with E-state index in [9.17, 15) is 4.79 Å². The van der Waals surface area contributed by atoms with E-state index in [2.05, 4.69) is 20.9 Å². The predicted molar refractivity (Wildman–Crippen MR) is 63.1 cm³/mol. The third-order valence-corrected chi connectivity index (χ3v) is 2.62. The highest BCUT2D eigenvalue weighted by atomic mass is 79.9. The first-order valence-electron chi connectivity index (χ1n) is 4.56. The van der Waals surface area contributed by atoms with E-state index in [4.69, 9.17) is 0 Å². The molecule has 17 heavy (non-hydrogen) atoms. The van der Waals surface area contributed by atoms with Crippen LogP contribution in [0.15, 0.2) is 47.5 Å². The van der Waals surface area contributed by atoms with Crippen molar-refractivity contribution >= 4 is 21.7 Å². The first kappa shape index (κ1) is 15.8. The lowest BCUT2D eigenvalue weighted by atomic mass is 10.1. The number of nitrogens with one attached hydrogen (secondary N) is 1. The zero-order valence-corrected chi connectivity index (χ0v) is 11.2. The third-order valence-electron chi connectivity index (χ3n) is 2.09. The quantitative estimate of drug-likeness (QED) is 0.522. The third kappa shape index (κ3) is 4.30. The second kappa shape index (κ2) is 7.21. The van der Waals surface area contributed by atoms with Crippen molar-refractivity contribution in [2.75, 3.05) is 0 Å². The first-order valence-corrected chi connectivity index (χ1v) is 5.35. The molecule has 2 aromatic rings. The molecule has 0 atom stereocenters. The van der Waals surface area contributed by atoms with Gasteiger partial charge in [-0.05, 0) is 12.1 Å². The molecule has 0 bridgehead atoms. The van der Waals surface area contributed by atoms with Crippen molar-refractivity contribution in [3.05, 3.63) is 53.0 Å². The number of ketones is 1. The lowest BCUT2D eigenvalue weighted by Crippen LogP contribution is -3.00. The van der Waals surface area contributed by atoms with Gasteiger partial charge in [-0.25, -0.2) is 4.57 Å². The van der Waals surface area contributed by atoms with Gasteiger partial charge >= 0.3 is 0 Å². The summed E-state index contributed by atoms with van der Waals surface area (Å²) in [6.07, 6.45) is 5.38. The minimum atomic E-state index is 0. The molecular formula is C11H12BrClN2O2. The highest BCUT2D eigenvalue weighted by Gasteiger charge is 2.09. The lowest BCUT2D eigenvalue weighted by Gasteiger charge is -1.98. The molecule has 6 heteroatoms. The van der Waals surface area contributed by atoms with Crippen LogP contribution < -0.4 is 17.0 Å². The SMILES string of the molecule is O.O=C(C[n+]1cc[nH]c1)c1ccc(Br)cc1.[Cl-]. The lowest BCUT2D eigenvalue weighted by molar-refractivity contribution is -0.681. The summed E-state index contributed by atoms with van der Waals surface area (Å²) < 4.78 is 2.79. The Morgan fingerprint density at radius 3 is 2.47 bits per heavy atom. The average molecular weight is 320 g/mol. The predicted octanol–water partition coefficient (Wildman–Crippen LogP) is -1.87. The normalized spacial score (nSPS) is 9.00. The molecule has 0 aliphatic rings. The average Bonchev–Trinajstić information content (AvgIpc) is 2.71. The Morgan fingerprint density at radius 1 is 1.29 bits per heavy atom. The number of aromatic nitrogens is 2. The molecule has 1 aromatic carbocycles. The summed E-state index contributed by atoms with van der Waals surface area (Å²) in [5, 5.41) is 0. The number of hydrogen-bond acceptors (Lipinski definition) is 1. The van der Waals surface area contributed by atoms with E-state index >= 15 is 0 Å². The van der Waals surface area contributed by atoms with Crippen molar-refractivity contribution < 1.29 is 27.2 Å². The van der Waals surface area contributed by atoms with Crippen molar-refractivity contribution in [2.45, 2.75) is 6.54 Å². The number of hydrogen-bond donors (Lipinski definition) is 1. The van der Waals surface area contributed by atoms with Gasteiger partial charge in [-0.2, -0.15) is 0 Å². The van der Waals surface area contributed by atoms with Crippen LogP contribution >= 0.6 is 15.9 Å². The molecule has 0 fully saturated rings. The first-order chi connectivity index (χ1) is 7.25. The van der Waals surface area contributed by atoms with Crippen LogP contribution in [0.2, 0.25) is 0 Å². The van der Waals surface area contributed by atoms with E-state index in [0.29, 0.717) is 6.54 Å². The number of aromatic amines is 1. The molecule has 1 aromatic heterocycles. The maximum Gasteiger partial charge on any atom is 0.241 e. The summed E-state index contributed by atoms with van der Waals surface area (Å²) >= 11 is 3.33. The maximum atomic E-state index is 11.8. The highest BCUT2D eigenvalue weighted by Crippen LogP contribution is 2.10. The number of imidazole rings is 1. The highest BCUT2D eigenvalue weighted by molar-refractivity contribution is 9.10. The van der Waals surface area contributed by atoms with Crippen LogP contribution in [0.4, 0.5) is 0 Å². The van der Waals surface area contributed by atoms with E-state index in [1.165, 1.54) is 0 Å². The summed E-state index contributed by atoms with van der Waals surface area (Å²) in [6.45, 7) is 0.366. The molecule has 0 radical (unpaired) electrons. The summed E-state index contributed by atoms with van der Waals surface area (Å²) in [5.74, 6) is 0.104. The molecule has 0 saturated heterocycles. The van der Waals surface area contributed by atoms with E-state index < -0.39 is 0 Å². The van der Waals surface area contributed by atoms with Gasteiger partial charge in [0.1, 0.15) is 12.4 Å². The molecular weight excluding hydrogens is 307 g/mol. The topological polar surface area (TPSA) is 68.2 Å². The number of nitrogens with zero attached hydrogens (tertiary/aromatic N) is 1. The molecule has 1 heterocycles. The number of halogens is 2. The smallest absolute Gasteiger partial charge is 0.241 e. The molecule has 3 N–H and O–H groups in total. The minimum absolute atomic E-state index is 0. The van der Waals surface area contributed by atoms with Crippen LogP contribution in [0.1, 0.15) is 10.4 Å². The largest absolute Gasteiger partial charge is 1.00 e. The fourth-order valence-corrected chi connectivity index (χ4v) is 1.58. The second-order valence-electron chi connectivity index (χ2n) is 3.21. The van der Waals surface area contributed by atoms with E-state index in [1.54, 1.807) is 12.5 Å². The number of H-pyrrole nitrogens is 1. The molecule has 92 valence electrons. The summed E-state index contributed by atoms with van der Waals surface area (Å²) in [4.78, 5) is 14.7. The molecule has 4 nitrogen and oxygen atoms in total. The van der Waals surface area contributed by atoms with Gasteiger partial charge in [-0.15, -0.1) is 0 Å². The van der Waals surface area contributed by atoms with Gasteiger partial charge in [0.25, 0.3) is 0 Å². The molecule has 0 saturated carbocycles. The second-order valence-corrected chi connectivity index (χ2v) is 4.13. The van der Waals surface area contributed by atoms with Crippen molar-refractivity contribution in [1.82, 2.24) is 4.98 Å². The van der Waals surface area contributed by atoms with Gasteiger partial charge in [-0.1, -0.05) is 28.1 Å². The Hall–Kier alpha value is -1.17. The van der Waals surface area contributed by atoms with Crippen molar-refractivity contribution in [3.63, 3.8) is 0 Å². The fourth-order valence-electron chi connectivity index (χ4n) is 1.31. The molecule has 0 spiro atoms. The fraction of sp³-hybridized carbons (Fsp3) is 0.0909.